The Morgan fingerprint density at radius 2 is 2.23 bits per heavy atom. The Bertz CT molecular complexity index is 276. The van der Waals surface area contributed by atoms with Crippen LogP contribution in [-0.2, 0) is 6.54 Å². The van der Waals surface area contributed by atoms with Gasteiger partial charge in [-0.25, -0.2) is 0 Å². The zero-order chi connectivity index (χ0) is 9.68. The highest BCUT2D eigenvalue weighted by Gasteiger charge is 1.98. The first kappa shape index (κ1) is 10.5. The van der Waals surface area contributed by atoms with Gasteiger partial charge in [-0.2, -0.15) is 0 Å². The molecule has 1 aromatic carbocycles. The number of hydrogen-bond donors (Lipinski definition) is 1. The first-order chi connectivity index (χ1) is 6.27. The van der Waals surface area contributed by atoms with Crippen LogP contribution >= 0.6 is 9.24 Å². The van der Waals surface area contributed by atoms with Crippen molar-refractivity contribution in [3.8, 4) is 5.75 Å². The highest BCUT2D eigenvalue weighted by Crippen LogP contribution is 2.12. The SMILES string of the molecule is CCCOc1ccc(CN)c(P)c1. The average molecular weight is 197 g/mol. The number of hydrogen-bond acceptors (Lipinski definition) is 2. The van der Waals surface area contributed by atoms with Gasteiger partial charge in [0, 0.05) is 6.54 Å². The molecular formula is C10H16NOP. The van der Waals surface area contributed by atoms with E-state index in [0.29, 0.717) is 6.54 Å². The van der Waals surface area contributed by atoms with Crippen molar-refractivity contribution in [2.75, 3.05) is 6.61 Å². The molecule has 72 valence electrons. The van der Waals surface area contributed by atoms with Gasteiger partial charge in [0.05, 0.1) is 6.61 Å². The van der Waals surface area contributed by atoms with E-state index in [9.17, 15) is 0 Å². The molecule has 1 unspecified atom stereocenters. The van der Waals surface area contributed by atoms with Gasteiger partial charge < -0.3 is 10.5 Å². The van der Waals surface area contributed by atoms with Gasteiger partial charge in [-0.15, -0.1) is 9.24 Å². The molecule has 1 aromatic rings. The summed E-state index contributed by atoms with van der Waals surface area (Å²) in [6, 6.07) is 5.97. The van der Waals surface area contributed by atoms with Crippen molar-refractivity contribution in [1.82, 2.24) is 0 Å². The summed E-state index contributed by atoms with van der Waals surface area (Å²) in [5, 5.41) is 1.12. The predicted octanol–water partition coefficient (Wildman–Crippen LogP) is 1.43. The van der Waals surface area contributed by atoms with Gasteiger partial charge >= 0.3 is 0 Å². The lowest BCUT2D eigenvalue weighted by molar-refractivity contribution is 0.317. The predicted molar refractivity (Wildman–Crippen MR) is 59.5 cm³/mol. The van der Waals surface area contributed by atoms with E-state index in [1.807, 2.05) is 18.2 Å². The average Bonchev–Trinajstić information content (AvgIpc) is 2.15. The van der Waals surface area contributed by atoms with E-state index in [4.69, 9.17) is 10.5 Å². The second kappa shape index (κ2) is 5.21. The van der Waals surface area contributed by atoms with Gasteiger partial charge in [-0.1, -0.05) is 13.0 Å². The molecule has 1 rings (SSSR count). The van der Waals surface area contributed by atoms with E-state index in [2.05, 4.69) is 16.2 Å². The van der Waals surface area contributed by atoms with E-state index in [1.54, 1.807) is 0 Å². The molecule has 13 heavy (non-hydrogen) atoms. The van der Waals surface area contributed by atoms with Crippen molar-refractivity contribution in [2.45, 2.75) is 19.9 Å². The second-order valence-corrected chi connectivity index (χ2v) is 3.54. The van der Waals surface area contributed by atoms with Crippen LogP contribution in [0.2, 0.25) is 0 Å². The molecule has 0 saturated carbocycles. The van der Waals surface area contributed by atoms with E-state index >= 15 is 0 Å². The molecule has 0 amide bonds. The summed E-state index contributed by atoms with van der Waals surface area (Å²) in [5.41, 5.74) is 6.69. The Hall–Kier alpha value is -0.590. The number of benzene rings is 1. The molecule has 1 atom stereocenters. The minimum absolute atomic E-state index is 0.576. The van der Waals surface area contributed by atoms with Crippen LogP contribution in [0.1, 0.15) is 18.9 Å². The third-order valence-corrected chi connectivity index (χ3v) is 2.35. The van der Waals surface area contributed by atoms with E-state index < -0.39 is 0 Å². The number of ether oxygens (including phenoxy) is 1. The van der Waals surface area contributed by atoms with Crippen molar-refractivity contribution in [1.29, 1.82) is 0 Å². The molecule has 0 spiro atoms. The Morgan fingerprint density at radius 3 is 2.77 bits per heavy atom. The standard InChI is InChI=1S/C10H16NOP/c1-2-5-12-9-4-3-8(7-11)10(13)6-9/h3-4,6H,2,5,7,11,13H2,1H3. The highest BCUT2D eigenvalue weighted by atomic mass is 31.0. The van der Waals surface area contributed by atoms with Crippen LogP contribution in [-0.4, -0.2) is 6.61 Å². The zero-order valence-electron chi connectivity index (χ0n) is 7.92. The smallest absolute Gasteiger partial charge is 0.119 e. The summed E-state index contributed by atoms with van der Waals surface area (Å²) in [4.78, 5) is 0. The molecule has 2 nitrogen and oxygen atoms in total. The molecule has 0 aliphatic rings. The monoisotopic (exact) mass is 197 g/mol. The summed E-state index contributed by atoms with van der Waals surface area (Å²) < 4.78 is 5.48. The first-order valence-corrected chi connectivity index (χ1v) is 5.07. The van der Waals surface area contributed by atoms with Crippen LogP contribution in [0.4, 0.5) is 0 Å². The molecule has 0 bridgehead atoms. The molecule has 0 aromatic heterocycles. The summed E-state index contributed by atoms with van der Waals surface area (Å²) in [5.74, 6) is 0.920. The summed E-state index contributed by atoms with van der Waals surface area (Å²) in [7, 11) is 2.67. The Kier molecular flexibility index (Phi) is 4.20. The largest absolute Gasteiger partial charge is 0.494 e. The van der Waals surface area contributed by atoms with Crippen LogP contribution in [0.25, 0.3) is 0 Å². The first-order valence-electron chi connectivity index (χ1n) is 4.49. The summed E-state index contributed by atoms with van der Waals surface area (Å²) in [6.45, 7) is 3.44. The van der Waals surface area contributed by atoms with E-state index in [-0.39, 0.29) is 0 Å². The second-order valence-electron chi connectivity index (χ2n) is 2.91. The Balaban J connectivity index is 2.71. The van der Waals surface area contributed by atoms with E-state index in [0.717, 1.165) is 29.6 Å². The van der Waals surface area contributed by atoms with Gasteiger partial charge in [-0.05, 0) is 29.4 Å². The fourth-order valence-electron chi connectivity index (χ4n) is 1.07. The molecule has 0 saturated heterocycles. The third-order valence-electron chi connectivity index (χ3n) is 1.81. The van der Waals surface area contributed by atoms with Crippen molar-refractivity contribution < 1.29 is 4.74 Å². The lowest BCUT2D eigenvalue weighted by atomic mass is 10.2. The van der Waals surface area contributed by atoms with Gasteiger partial charge in [0.15, 0.2) is 0 Å². The summed E-state index contributed by atoms with van der Waals surface area (Å²) in [6.07, 6.45) is 1.03. The van der Waals surface area contributed by atoms with Crippen LogP contribution in [0.5, 0.6) is 5.75 Å². The molecule has 0 radical (unpaired) electrons. The van der Waals surface area contributed by atoms with Crippen molar-refractivity contribution in [3.63, 3.8) is 0 Å². The zero-order valence-corrected chi connectivity index (χ0v) is 9.07. The van der Waals surface area contributed by atoms with Gasteiger partial charge in [0.2, 0.25) is 0 Å². The van der Waals surface area contributed by atoms with Crippen LogP contribution < -0.4 is 15.8 Å². The van der Waals surface area contributed by atoms with Gasteiger partial charge in [0.25, 0.3) is 0 Å². The molecule has 0 fully saturated rings. The molecule has 0 aliphatic heterocycles. The minimum Gasteiger partial charge on any atom is -0.494 e. The van der Waals surface area contributed by atoms with Crippen LogP contribution in [0.3, 0.4) is 0 Å². The lowest BCUT2D eigenvalue weighted by Gasteiger charge is -2.07. The lowest BCUT2D eigenvalue weighted by Crippen LogP contribution is -2.08. The maximum atomic E-state index is 5.55. The van der Waals surface area contributed by atoms with Gasteiger partial charge in [0.1, 0.15) is 5.75 Å². The topological polar surface area (TPSA) is 35.2 Å². The van der Waals surface area contributed by atoms with Gasteiger partial charge in [-0.3, -0.25) is 0 Å². The van der Waals surface area contributed by atoms with Crippen LogP contribution in [0, 0.1) is 0 Å². The van der Waals surface area contributed by atoms with Crippen molar-refractivity contribution in [3.05, 3.63) is 23.8 Å². The minimum atomic E-state index is 0.576. The molecule has 3 heteroatoms. The van der Waals surface area contributed by atoms with Crippen LogP contribution in [0.15, 0.2) is 18.2 Å². The third kappa shape index (κ3) is 2.98. The quantitative estimate of drug-likeness (QED) is 0.741. The molecule has 2 N–H and O–H groups in total. The highest BCUT2D eigenvalue weighted by molar-refractivity contribution is 7.27. The Labute approximate surface area is 81.7 Å². The van der Waals surface area contributed by atoms with Crippen molar-refractivity contribution in [2.24, 2.45) is 5.73 Å². The fourth-order valence-corrected chi connectivity index (χ4v) is 1.45. The number of rotatable bonds is 4. The summed E-state index contributed by atoms with van der Waals surface area (Å²) >= 11 is 0. The molecule has 0 heterocycles. The normalized spacial score (nSPS) is 10.1. The molecular weight excluding hydrogens is 181 g/mol. The fraction of sp³-hybridized carbons (Fsp3) is 0.400. The maximum Gasteiger partial charge on any atom is 0.119 e. The Morgan fingerprint density at radius 1 is 1.46 bits per heavy atom. The van der Waals surface area contributed by atoms with E-state index in [1.165, 1.54) is 0 Å². The maximum absolute atomic E-state index is 5.55. The molecule has 0 aliphatic carbocycles. The number of nitrogens with two attached hydrogens (primary N) is 1. The van der Waals surface area contributed by atoms with Crippen molar-refractivity contribution >= 4 is 14.5 Å².